The molecular formula is C15H23NO. The van der Waals surface area contributed by atoms with Crippen LogP contribution in [0.5, 0.6) is 5.75 Å². The van der Waals surface area contributed by atoms with Gasteiger partial charge in [0, 0.05) is 0 Å². The molecule has 2 unspecified atom stereocenters. The number of rotatable bonds is 6. The maximum atomic E-state index is 5.79. The second kappa shape index (κ2) is 6.65. The van der Waals surface area contributed by atoms with Gasteiger partial charge in [-0.1, -0.05) is 31.0 Å². The van der Waals surface area contributed by atoms with Crippen LogP contribution in [-0.2, 0) is 0 Å². The van der Waals surface area contributed by atoms with Gasteiger partial charge in [0.2, 0.25) is 0 Å². The van der Waals surface area contributed by atoms with Crippen molar-refractivity contribution in [1.82, 2.24) is 0 Å². The molecule has 2 N–H and O–H groups in total. The summed E-state index contributed by atoms with van der Waals surface area (Å²) >= 11 is 0. The van der Waals surface area contributed by atoms with Crippen molar-refractivity contribution in [1.29, 1.82) is 0 Å². The molecule has 2 rings (SSSR count). The molecule has 0 saturated heterocycles. The van der Waals surface area contributed by atoms with Gasteiger partial charge in [-0.3, -0.25) is 0 Å². The Balaban J connectivity index is 1.63. The van der Waals surface area contributed by atoms with Gasteiger partial charge in [0.05, 0.1) is 6.61 Å². The Morgan fingerprint density at radius 3 is 2.65 bits per heavy atom. The molecule has 1 aliphatic rings. The maximum Gasteiger partial charge on any atom is 0.119 e. The minimum absolute atomic E-state index is 0.770. The van der Waals surface area contributed by atoms with Gasteiger partial charge in [0.25, 0.3) is 0 Å². The Bertz CT molecular complexity index is 312. The average molecular weight is 233 g/mol. The summed E-state index contributed by atoms with van der Waals surface area (Å²) < 4.78 is 5.70. The van der Waals surface area contributed by atoms with E-state index in [1.54, 1.807) is 0 Å². The Labute approximate surface area is 104 Å². The Kier molecular flexibility index (Phi) is 4.87. The van der Waals surface area contributed by atoms with Crippen molar-refractivity contribution in [2.75, 3.05) is 13.2 Å². The first kappa shape index (κ1) is 12.4. The third kappa shape index (κ3) is 3.74. The van der Waals surface area contributed by atoms with Crippen LogP contribution in [0.1, 0.15) is 32.1 Å². The van der Waals surface area contributed by atoms with Crippen molar-refractivity contribution in [3.63, 3.8) is 0 Å². The van der Waals surface area contributed by atoms with Gasteiger partial charge in [-0.2, -0.15) is 0 Å². The standard InChI is InChI=1S/C15H23NO/c16-12-14-7-4-6-13(14)8-5-11-17-15-9-2-1-3-10-15/h1-3,9-10,13-14H,4-8,11-12,16H2. The zero-order valence-corrected chi connectivity index (χ0v) is 10.5. The van der Waals surface area contributed by atoms with Gasteiger partial charge in [-0.15, -0.1) is 0 Å². The van der Waals surface area contributed by atoms with Crippen molar-refractivity contribution >= 4 is 0 Å². The lowest BCUT2D eigenvalue weighted by Crippen LogP contribution is -2.18. The van der Waals surface area contributed by atoms with Gasteiger partial charge < -0.3 is 10.5 Å². The van der Waals surface area contributed by atoms with E-state index in [0.29, 0.717) is 0 Å². The van der Waals surface area contributed by atoms with Crippen LogP contribution in [0.25, 0.3) is 0 Å². The van der Waals surface area contributed by atoms with Gasteiger partial charge in [-0.05, 0) is 49.8 Å². The molecular weight excluding hydrogens is 210 g/mol. The molecule has 0 radical (unpaired) electrons. The molecule has 0 aromatic heterocycles. The second-order valence-corrected chi connectivity index (χ2v) is 4.99. The van der Waals surface area contributed by atoms with E-state index in [4.69, 9.17) is 10.5 Å². The predicted octanol–water partition coefficient (Wildman–Crippen LogP) is 3.22. The first-order chi connectivity index (χ1) is 8.40. The van der Waals surface area contributed by atoms with E-state index in [1.165, 1.54) is 25.7 Å². The molecule has 0 aliphatic heterocycles. The van der Waals surface area contributed by atoms with Gasteiger partial charge in [0.15, 0.2) is 0 Å². The van der Waals surface area contributed by atoms with Crippen LogP contribution < -0.4 is 10.5 Å². The summed E-state index contributed by atoms with van der Waals surface area (Å²) in [7, 11) is 0. The number of hydrogen-bond acceptors (Lipinski definition) is 2. The lowest BCUT2D eigenvalue weighted by molar-refractivity contribution is 0.276. The van der Waals surface area contributed by atoms with Crippen LogP contribution in [0.15, 0.2) is 30.3 Å². The normalized spacial score (nSPS) is 23.8. The highest BCUT2D eigenvalue weighted by Gasteiger charge is 2.25. The molecule has 0 heterocycles. The zero-order chi connectivity index (χ0) is 11.9. The first-order valence-electron chi connectivity index (χ1n) is 6.78. The third-order valence-corrected chi connectivity index (χ3v) is 3.85. The molecule has 2 atom stereocenters. The molecule has 1 aliphatic carbocycles. The van der Waals surface area contributed by atoms with E-state index in [2.05, 4.69) is 0 Å². The van der Waals surface area contributed by atoms with E-state index >= 15 is 0 Å². The van der Waals surface area contributed by atoms with Crippen molar-refractivity contribution in [2.45, 2.75) is 32.1 Å². The van der Waals surface area contributed by atoms with Crippen LogP contribution >= 0.6 is 0 Å². The first-order valence-corrected chi connectivity index (χ1v) is 6.78. The quantitative estimate of drug-likeness (QED) is 0.766. The van der Waals surface area contributed by atoms with E-state index in [-0.39, 0.29) is 0 Å². The minimum atomic E-state index is 0.770. The Morgan fingerprint density at radius 2 is 1.88 bits per heavy atom. The van der Waals surface area contributed by atoms with Gasteiger partial charge in [0.1, 0.15) is 5.75 Å². The van der Waals surface area contributed by atoms with E-state index in [9.17, 15) is 0 Å². The largest absolute Gasteiger partial charge is 0.494 e. The summed E-state index contributed by atoms with van der Waals surface area (Å²) in [5.41, 5.74) is 5.79. The lowest BCUT2D eigenvalue weighted by Gasteiger charge is -2.17. The molecule has 2 nitrogen and oxygen atoms in total. The van der Waals surface area contributed by atoms with E-state index in [1.807, 2.05) is 30.3 Å². The maximum absolute atomic E-state index is 5.79. The summed E-state index contributed by atoms with van der Waals surface area (Å²) in [6.07, 6.45) is 6.49. The minimum Gasteiger partial charge on any atom is -0.494 e. The van der Waals surface area contributed by atoms with Crippen LogP contribution in [0.4, 0.5) is 0 Å². The molecule has 1 saturated carbocycles. The number of ether oxygens (including phenoxy) is 1. The fourth-order valence-electron chi connectivity index (χ4n) is 2.86. The highest BCUT2D eigenvalue weighted by molar-refractivity contribution is 5.20. The van der Waals surface area contributed by atoms with Crippen molar-refractivity contribution in [3.05, 3.63) is 30.3 Å². The topological polar surface area (TPSA) is 35.2 Å². The molecule has 1 aromatic carbocycles. The summed E-state index contributed by atoms with van der Waals surface area (Å²) in [6, 6.07) is 10.1. The molecule has 0 bridgehead atoms. The summed E-state index contributed by atoms with van der Waals surface area (Å²) in [5.74, 6) is 2.60. The molecule has 2 heteroatoms. The second-order valence-electron chi connectivity index (χ2n) is 4.99. The molecule has 1 aromatic rings. The Morgan fingerprint density at radius 1 is 1.12 bits per heavy atom. The summed E-state index contributed by atoms with van der Waals surface area (Å²) in [5, 5.41) is 0. The monoisotopic (exact) mass is 233 g/mol. The summed E-state index contributed by atoms with van der Waals surface area (Å²) in [6.45, 7) is 1.70. The molecule has 17 heavy (non-hydrogen) atoms. The average Bonchev–Trinajstić information content (AvgIpc) is 2.83. The number of nitrogens with two attached hydrogens (primary N) is 1. The Hall–Kier alpha value is -1.02. The molecule has 1 fully saturated rings. The van der Waals surface area contributed by atoms with Crippen LogP contribution in [0.2, 0.25) is 0 Å². The zero-order valence-electron chi connectivity index (χ0n) is 10.5. The molecule has 0 spiro atoms. The lowest BCUT2D eigenvalue weighted by atomic mass is 9.92. The van der Waals surface area contributed by atoms with E-state index in [0.717, 1.165) is 37.2 Å². The summed E-state index contributed by atoms with van der Waals surface area (Å²) in [4.78, 5) is 0. The fourth-order valence-corrected chi connectivity index (χ4v) is 2.86. The van der Waals surface area contributed by atoms with Crippen molar-refractivity contribution in [2.24, 2.45) is 17.6 Å². The molecule has 0 amide bonds. The third-order valence-electron chi connectivity index (χ3n) is 3.85. The number of benzene rings is 1. The van der Waals surface area contributed by atoms with Crippen LogP contribution in [0.3, 0.4) is 0 Å². The van der Waals surface area contributed by atoms with Crippen LogP contribution in [-0.4, -0.2) is 13.2 Å². The SMILES string of the molecule is NCC1CCCC1CCCOc1ccccc1. The number of para-hydroxylation sites is 1. The fraction of sp³-hybridized carbons (Fsp3) is 0.600. The highest BCUT2D eigenvalue weighted by Crippen LogP contribution is 2.34. The van der Waals surface area contributed by atoms with Crippen molar-refractivity contribution in [3.8, 4) is 5.75 Å². The van der Waals surface area contributed by atoms with Gasteiger partial charge in [-0.25, -0.2) is 0 Å². The predicted molar refractivity (Wildman–Crippen MR) is 71.1 cm³/mol. The number of hydrogen-bond donors (Lipinski definition) is 1. The highest BCUT2D eigenvalue weighted by atomic mass is 16.5. The van der Waals surface area contributed by atoms with Gasteiger partial charge >= 0.3 is 0 Å². The molecule has 94 valence electrons. The van der Waals surface area contributed by atoms with Crippen LogP contribution in [0, 0.1) is 11.8 Å². The van der Waals surface area contributed by atoms with Crippen molar-refractivity contribution < 1.29 is 4.74 Å². The smallest absolute Gasteiger partial charge is 0.119 e. The van der Waals surface area contributed by atoms with E-state index < -0.39 is 0 Å².